The molecule has 1 atom stereocenters. The van der Waals surface area contributed by atoms with Gasteiger partial charge in [0.15, 0.2) is 0 Å². The Morgan fingerprint density at radius 1 is 1.06 bits per heavy atom. The van der Waals surface area contributed by atoms with Gasteiger partial charge >= 0.3 is 12.1 Å². The summed E-state index contributed by atoms with van der Waals surface area (Å²) in [5.41, 5.74) is 5.22. The van der Waals surface area contributed by atoms with E-state index in [2.05, 4.69) is 27.4 Å². The number of benzene rings is 2. The fourth-order valence-electron chi connectivity index (χ4n) is 3.83. The second-order valence-electron chi connectivity index (χ2n) is 7.53. The number of nitrogens with one attached hydrogen (secondary N) is 1. The highest BCUT2D eigenvalue weighted by Crippen LogP contribution is 2.44. The Labute approximate surface area is 200 Å². The summed E-state index contributed by atoms with van der Waals surface area (Å²) < 4.78 is 5.46. The number of alkyl carbamates (subject to hydrolysis) is 1. The van der Waals surface area contributed by atoms with Crippen molar-refractivity contribution >= 4 is 35.4 Å². The summed E-state index contributed by atoms with van der Waals surface area (Å²) in [5, 5.41) is 12.3. The molecule has 2 aromatic carbocycles. The molecule has 9 heteroatoms. The van der Waals surface area contributed by atoms with E-state index in [0.29, 0.717) is 16.7 Å². The molecule has 7 nitrogen and oxygen atoms in total. The first kappa shape index (κ1) is 23.1. The minimum atomic E-state index is -1.10. The van der Waals surface area contributed by atoms with Crippen molar-refractivity contribution in [3.05, 3.63) is 82.9 Å². The van der Waals surface area contributed by atoms with Crippen LogP contribution in [0.4, 0.5) is 4.79 Å². The number of carbonyl (C=O) groups is 2. The molecule has 1 unspecified atom stereocenters. The molecule has 1 heterocycles. The molecular weight excluding hydrogens is 462 g/mol. The van der Waals surface area contributed by atoms with Crippen molar-refractivity contribution in [2.45, 2.75) is 24.1 Å². The third kappa shape index (κ3) is 5.64. The summed E-state index contributed by atoms with van der Waals surface area (Å²) in [4.78, 5) is 32.1. The van der Waals surface area contributed by atoms with Crippen LogP contribution >= 0.6 is 23.4 Å². The zero-order valence-corrected chi connectivity index (χ0v) is 19.2. The highest BCUT2D eigenvalue weighted by molar-refractivity contribution is 7.98. The number of hydrogen-bond donors (Lipinski definition) is 2. The molecule has 0 spiro atoms. The molecule has 0 fully saturated rings. The van der Waals surface area contributed by atoms with E-state index in [-0.39, 0.29) is 18.9 Å². The number of thioether (sulfide) groups is 1. The van der Waals surface area contributed by atoms with Crippen LogP contribution in [0.1, 0.15) is 29.2 Å². The van der Waals surface area contributed by atoms with E-state index in [1.54, 1.807) is 6.20 Å². The minimum absolute atomic E-state index is 0.0810. The standard InChI is InChI=1S/C24H22ClN3O4S/c25-22-12-26-15(11-27-22)14-33-10-9-21(23(29)30)28-24(31)32-13-20-18-7-3-1-5-16(18)17-6-2-4-8-19(17)20/h1-8,11-12,20-21H,9-10,13-14H2,(H,28,31)(H,29,30). The molecule has 1 aliphatic rings. The summed E-state index contributed by atoms with van der Waals surface area (Å²) in [6.45, 7) is 0.135. The summed E-state index contributed by atoms with van der Waals surface area (Å²) in [6, 6.07) is 15.0. The zero-order chi connectivity index (χ0) is 23.2. The molecule has 3 aromatic rings. The van der Waals surface area contributed by atoms with Gasteiger partial charge in [-0.1, -0.05) is 60.1 Å². The predicted molar refractivity (Wildman–Crippen MR) is 127 cm³/mol. The highest BCUT2D eigenvalue weighted by Gasteiger charge is 2.29. The third-order valence-electron chi connectivity index (χ3n) is 5.41. The van der Waals surface area contributed by atoms with E-state index in [4.69, 9.17) is 16.3 Å². The second-order valence-corrected chi connectivity index (χ2v) is 9.02. The van der Waals surface area contributed by atoms with Crippen molar-refractivity contribution in [1.29, 1.82) is 0 Å². The number of ether oxygens (including phenoxy) is 1. The number of amides is 1. The van der Waals surface area contributed by atoms with Crippen LogP contribution in [0, 0.1) is 0 Å². The Morgan fingerprint density at radius 3 is 2.33 bits per heavy atom. The van der Waals surface area contributed by atoms with Crippen LogP contribution in [0.5, 0.6) is 0 Å². The lowest BCUT2D eigenvalue weighted by molar-refractivity contribution is -0.139. The monoisotopic (exact) mass is 483 g/mol. The highest BCUT2D eigenvalue weighted by atomic mass is 35.5. The molecule has 1 amide bonds. The van der Waals surface area contributed by atoms with Crippen molar-refractivity contribution in [3.8, 4) is 11.1 Å². The van der Waals surface area contributed by atoms with Gasteiger partial charge < -0.3 is 15.2 Å². The maximum atomic E-state index is 12.4. The number of aliphatic carboxylic acids is 1. The topological polar surface area (TPSA) is 101 Å². The van der Waals surface area contributed by atoms with Crippen LogP contribution in [0.3, 0.4) is 0 Å². The van der Waals surface area contributed by atoms with Gasteiger partial charge in [0.25, 0.3) is 0 Å². The SMILES string of the molecule is O=C(NC(CCSCc1cnc(Cl)cn1)C(=O)O)OCC1c2ccccc2-c2ccccc21. The van der Waals surface area contributed by atoms with Gasteiger partial charge in [0.2, 0.25) is 0 Å². The summed E-state index contributed by atoms with van der Waals surface area (Å²) in [5.74, 6) is -0.0929. The third-order valence-corrected chi connectivity index (χ3v) is 6.63. The molecule has 1 aliphatic carbocycles. The molecule has 2 N–H and O–H groups in total. The van der Waals surface area contributed by atoms with Gasteiger partial charge in [0.1, 0.15) is 17.8 Å². The zero-order valence-electron chi connectivity index (χ0n) is 17.6. The van der Waals surface area contributed by atoms with Crippen LogP contribution in [0.15, 0.2) is 60.9 Å². The number of hydrogen-bond acceptors (Lipinski definition) is 6. The lowest BCUT2D eigenvalue weighted by Gasteiger charge is -2.17. The van der Waals surface area contributed by atoms with Gasteiger partial charge in [-0.15, -0.1) is 0 Å². The summed E-state index contributed by atoms with van der Waals surface area (Å²) >= 11 is 7.22. The van der Waals surface area contributed by atoms with E-state index in [9.17, 15) is 14.7 Å². The first-order valence-corrected chi connectivity index (χ1v) is 11.9. The average Bonchev–Trinajstić information content (AvgIpc) is 3.14. The normalized spacial score (nSPS) is 13.1. The molecule has 0 saturated heterocycles. The Hall–Kier alpha value is -3.10. The largest absolute Gasteiger partial charge is 0.480 e. The second kappa shape index (κ2) is 10.7. The van der Waals surface area contributed by atoms with Gasteiger partial charge in [0, 0.05) is 11.7 Å². The van der Waals surface area contributed by atoms with Crippen LogP contribution in [0.25, 0.3) is 11.1 Å². The smallest absolute Gasteiger partial charge is 0.407 e. The molecule has 4 rings (SSSR count). The number of nitrogens with zero attached hydrogens (tertiary/aromatic N) is 2. The Bertz CT molecular complexity index is 1100. The fourth-order valence-corrected chi connectivity index (χ4v) is 4.83. The Kier molecular flexibility index (Phi) is 7.47. The van der Waals surface area contributed by atoms with E-state index in [1.165, 1.54) is 18.0 Å². The Balaban J connectivity index is 1.29. The Morgan fingerprint density at radius 2 is 1.73 bits per heavy atom. The number of fused-ring (bicyclic) bond motifs is 3. The van der Waals surface area contributed by atoms with E-state index in [0.717, 1.165) is 27.9 Å². The maximum Gasteiger partial charge on any atom is 0.407 e. The van der Waals surface area contributed by atoms with Crippen molar-refractivity contribution in [2.24, 2.45) is 0 Å². The number of carboxylic acids is 1. The lowest BCUT2D eigenvalue weighted by atomic mass is 9.98. The quantitative estimate of drug-likeness (QED) is 0.423. The molecule has 0 radical (unpaired) electrons. The number of rotatable bonds is 9. The number of aromatic nitrogens is 2. The predicted octanol–water partition coefficient (Wildman–Crippen LogP) is 4.75. The molecule has 0 bridgehead atoms. The van der Waals surface area contributed by atoms with Crippen molar-refractivity contribution in [1.82, 2.24) is 15.3 Å². The molecule has 33 heavy (non-hydrogen) atoms. The van der Waals surface area contributed by atoms with Gasteiger partial charge in [-0.25, -0.2) is 14.6 Å². The van der Waals surface area contributed by atoms with Crippen molar-refractivity contribution in [3.63, 3.8) is 0 Å². The lowest BCUT2D eigenvalue weighted by Crippen LogP contribution is -2.41. The molecule has 170 valence electrons. The first-order chi connectivity index (χ1) is 16.0. The number of carbonyl (C=O) groups excluding carboxylic acids is 1. The molecular formula is C24H22ClN3O4S. The van der Waals surface area contributed by atoms with Crippen LogP contribution in [-0.2, 0) is 15.3 Å². The molecule has 1 aromatic heterocycles. The van der Waals surface area contributed by atoms with Crippen LogP contribution in [0.2, 0.25) is 5.15 Å². The van der Waals surface area contributed by atoms with Gasteiger partial charge in [-0.05, 0) is 34.4 Å². The summed E-state index contributed by atoms with van der Waals surface area (Å²) in [6.07, 6.45) is 2.57. The fraction of sp³-hybridized carbons (Fsp3) is 0.250. The average molecular weight is 484 g/mol. The first-order valence-electron chi connectivity index (χ1n) is 10.4. The van der Waals surface area contributed by atoms with Gasteiger partial charge in [0.05, 0.1) is 18.1 Å². The molecule has 0 saturated carbocycles. The van der Waals surface area contributed by atoms with Gasteiger partial charge in [-0.3, -0.25) is 4.98 Å². The van der Waals surface area contributed by atoms with Gasteiger partial charge in [-0.2, -0.15) is 11.8 Å². The number of carboxylic acid groups (broad SMARTS) is 1. The minimum Gasteiger partial charge on any atom is -0.480 e. The number of halogens is 1. The van der Waals surface area contributed by atoms with Crippen LogP contribution in [-0.4, -0.2) is 45.5 Å². The molecule has 0 aliphatic heterocycles. The summed E-state index contributed by atoms with van der Waals surface area (Å²) in [7, 11) is 0. The van der Waals surface area contributed by atoms with E-state index < -0.39 is 18.1 Å². The van der Waals surface area contributed by atoms with Crippen molar-refractivity contribution < 1.29 is 19.4 Å². The van der Waals surface area contributed by atoms with E-state index in [1.807, 2.05) is 36.4 Å². The maximum absolute atomic E-state index is 12.4. The van der Waals surface area contributed by atoms with E-state index >= 15 is 0 Å². The van der Waals surface area contributed by atoms with Crippen molar-refractivity contribution in [2.75, 3.05) is 12.4 Å². The van der Waals surface area contributed by atoms with Crippen LogP contribution < -0.4 is 5.32 Å².